The highest BCUT2D eigenvalue weighted by Gasteiger charge is 2.06. The Balaban J connectivity index is 1.90. The molecule has 1 atom stereocenters. The molecule has 0 aliphatic heterocycles. The predicted molar refractivity (Wildman–Crippen MR) is 61.6 cm³/mol. The quantitative estimate of drug-likeness (QED) is 0.857. The highest BCUT2D eigenvalue weighted by atomic mass is 32.1. The minimum absolute atomic E-state index is 0.00731. The molecule has 2 aromatic rings. The van der Waals surface area contributed by atoms with Crippen molar-refractivity contribution in [3.63, 3.8) is 0 Å². The molecule has 0 aromatic carbocycles. The number of rotatable bonds is 4. The van der Waals surface area contributed by atoms with Crippen molar-refractivity contribution in [3.05, 3.63) is 46.7 Å². The molecule has 2 aromatic heterocycles. The van der Waals surface area contributed by atoms with Crippen LogP contribution in [0.5, 0.6) is 0 Å². The maximum atomic E-state index is 6.02. The van der Waals surface area contributed by atoms with Crippen molar-refractivity contribution in [2.75, 3.05) is 0 Å². The van der Waals surface area contributed by atoms with E-state index < -0.39 is 0 Å². The zero-order valence-electron chi connectivity index (χ0n) is 8.34. The van der Waals surface area contributed by atoms with E-state index in [0.717, 1.165) is 18.5 Å². The van der Waals surface area contributed by atoms with E-state index in [0.29, 0.717) is 0 Å². The molecule has 0 spiro atoms. The van der Waals surface area contributed by atoms with Crippen molar-refractivity contribution >= 4 is 11.3 Å². The van der Waals surface area contributed by atoms with Crippen LogP contribution in [0.3, 0.4) is 0 Å². The van der Waals surface area contributed by atoms with Crippen LogP contribution < -0.4 is 5.73 Å². The Hall–Kier alpha value is -1.26. The SMILES string of the molecule is NC(CCc1ccsc1)c1ccncn1. The molecule has 0 aliphatic rings. The summed E-state index contributed by atoms with van der Waals surface area (Å²) in [7, 11) is 0. The Labute approximate surface area is 93.0 Å². The summed E-state index contributed by atoms with van der Waals surface area (Å²) in [4.78, 5) is 8.02. The molecule has 2 N–H and O–H groups in total. The first-order valence-electron chi connectivity index (χ1n) is 4.89. The molecular weight excluding hydrogens is 206 g/mol. The van der Waals surface area contributed by atoms with Gasteiger partial charge in [0.05, 0.1) is 5.69 Å². The lowest BCUT2D eigenvalue weighted by atomic mass is 10.1. The Morgan fingerprint density at radius 1 is 1.40 bits per heavy atom. The second kappa shape index (κ2) is 5.00. The fourth-order valence-corrected chi connectivity index (χ4v) is 2.13. The third-order valence-electron chi connectivity index (χ3n) is 2.31. The van der Waals surface area contributed by atoms with E-state index in [-0.39, 0.29) is 6.04 Å². The number of nitrogens with two attached hydrogens (primary N) is 1. The molecule has 0 amide bonds. The van der Waals surface area contributed by atoms with Crippen LogP contribution in [0, 0.1) is 0 Å². The average Bonchev–Trinajstić information content (AvgIpc) is 2.80. The minimum Gasteiger partial charge on any atom is -0.323 e. The van der Waals surface area contributed by atoms with Gasteiger partial charge >= 0.3 is 0 Å². The number of aryl methyl sites for hydroxylation is 1. The highest BCUT2D eigenvalue weighted by molar-refractivity contribution is 7.07. The van der Waals surface area contributed by atoms with Crippen LogP contribution in [0.4, 0.5) is 0 Å². The first-order chi connectivity index (χ1) is 7.36. The second-order valence-corrected chi connectivity index (χ2v) is 4.19. The average molecular weight is 219 g/mol. The number of hydrogen-bond donors (Lipinski definition) is 1. The van der Waals surface area contributed by atoms with Crippen molar-refractivity contribution in [2.24, 2.45) is 5.73 Å². The van der Waals surface area contributed by atoms with Gasteiger partial charge in [-0.3, -0.25) is 0 Å². The number of hydrogen-bond acceptors (Lipinski definition) is 4. The molecular formula is C11H13N3S. The van der Waals surface area contributed by atoms with Gasteiger partial charge in [0.1, 0.15) is 6.33 Å². The maximum absolute atomic E-state index is 6.02. The molecule has 2 rings (SSSR count). The summed E-state index contributed by atoms with van der Waals surface area (Å²) in [5, 5.41) is 4.25. The fraction of sp³-hybridized carbons (Fsp3) is 0.273. The van der Waals surface area contributed by atoms with Crippen LogP contribution in [0.25, 0.3) is 0 Å². The largest absolute Gasteiger partial charge is 0.323 e. The van der Waals surface area contributed by atoms with Crippen molar-refractivity contribution in [3.8, 4) is 0 Å². The van der Waals surface area contributed by atoms with Gasteiger partial charge in [-0.2, -0.15) is 11.3 Å². The van der Waals surface area contributed by atoms with Crippen molar-refractivity contribution < 1.29 is 0 Å². The molecule has 2 heterocycles. The fourth-order valence-electron chi connectivity index (χ4n) is 1.43. The van der Waals surface area contributed by atoms with Crippen molar-refractivity contribution in [1.29, 1.82) is 0 Å². The summed E-state index contributed by atoms with van der Waals surface area (Å²) >= 11 is 1.72. The molecule has 3 nitrogen and oxygen atoms in total. The van der Waals surface area contributed by atoms with E-state index in [2.05, 4.69) is 26.8 Å². The second-order valence-electron chi connectivity index (χ2n) is 3.41. The Kier molecular flexibility index (Phi) is 3.42. The lowest BCUT2D eigenvalue weighted by Crippen LogP contribution is -2.12. The highest BCUT2D eigenvalue weighted by Crippen LogP contribution is 2.15. The lowest BCUT2D eigenvalue weighted by molar-refractivity contribution is 0.632. The summed E-state index contributed by atoms with van der Waals surface area (Å²) in [6, 6.07) is 4.02. The zero-order valence-corrected chi connectivity index (χ0v) is 9.15. The molecule has 0 saturated heterocycles. The monoisotopic (exact) mass is 219 g/mol. The van der Waals surface area contributed by atoms with Crippen molar-refractivity contribution in [2.45, 2.75) is 18.9 Å². The van der Waals surface area contributed by atoms with E-state index >= 15 is 0 Å². The van der Waals surface area contributed by atoms with E-state index in [1.165, 1.54) is 5.56 Å². The normalized spacial score (nSPS) is 12.6. The van der Waals surface area contributed by atoms with Gasteiger partial charge in [-0.25, -0.2) is 9.97 Å². The molecule has 0 aliphatic carbocycles. The molecule has 0 saturated carbocycles. The molecule has 0 radical (unpaired) electrons. The maximum Gasteiger partial charge on any atom is 0.115 e. The van der Waals surface area contributed by atoms with E-state index in [9.17, 15) is 0 Å². The van der Waals surface area contributed by atoms with E-state index in [4.69, 9.17) is 5.73 Å². The van der Waals surface area contributed by atoms with Gasteiger partial charge in [0, 0.05) is 12.2 Å². The Morgan fingerprint density at radius 3 is 3.00 bits per heavy atom. The molecule has 0 bridgehead atoms. The lowest BCUT2D eigenvalue weighted by Gasteiger charge is -2.09. The summed E-state index contributed by atoms with van der Waals surface area (Å²) in [5.74, 6) is 0. The summed E-state index contributed by atoms with van der Waals surface area (Å²) in [6.07, 6.45) is 5.20. The Morgan fingerprint density at radius 2 is 2.33 bits per heavy atom. The molecule has 4 heteroatoms. The summed E-state index contributed by atoms with van der Waals surface area (Å²) in [5.41, 5.74) is 8.29. The predicted octanol–water partition coefficient (Wildman–Crippen LogP) is 2.17. The molecule has 1 unspecified atom stereocenters. The topological polar surface area (TPSA) is 51.8 Å². The van der Waals surface area contributed by atoms with Gasteiger partial charge < -0.3 is 5.73 Å². The zero-order chi connectivity index (χ0) is 10.5. The summed E-state index contributed by atoms with van der Waals surface area (Å²) < 4.78 is 0. The molecule has 0 fully saturated rings. The van der Waals surface area contributed by atoms with Crippen LogP contribution >= 0.6 is 11.3 Å². The van der Waals surface area contributed by atoms with Crippen molar-refractivity contribution in [1.82, 2.24) is 9.97 Å². The van der Waals surface area contributed by atoms with Gasteiger partial charge in [0.15, 0.2) is 0 Å². The van der Waals surface area contributed by atoms with Gasteiger partial charge in [-0.15, -0.1) is 0 Å². The van der Waals surface area contributed by atoms with E-state index in [1.54, 1.807) is 23.9 Å². The third kappa shape index (κ3) is 2.84. The number of thiophene rings is 1. The number of aromatic nitrogens is 2. The van der Waals surface area contributed by atoms with Crippen LogP contribution in [-0.4, -0.2) is 9.97 Å². The molecule has 15 heavy (non-hydrogen) atoms. The van der Waals surface area contributed by atoms with Crippen LogP contribution in [0.15, 0.2) is 35.4 Å². The third-order valence-corrected chi connectivity index (χ3v) is 3.04. The smallest absolute Gasteiger partial charge is 0.115 e. The Bertz CT molecular complexity index is 385. The van der Waals surface area contributed by atoms with Crippen LogP contribution in [0.1, 0.15) is 23.7 Å². The standard InChI is InChI=1S/C11H13N3S/c12-10(11-3-5-13-8-14-11)2-1-9-4-6-15-7-9/h3-8,10H,1-2,12H2. The summed E-state index contributed by atoms with van der Waals surface area (Å²) in [6.45, 7) is 0. The van der Waals surface area contributed by atoms with Crippen LogP contribution in [0.2, 0.25) is 0 Å². The first kappa shape index (κ1) is 10.3. The van der Waals surface area contributed by atoms with Gasteiger partial charge in [-0.05, 0) is 41.3 Å². The van der Waals surface area contributed by atoms with E-state index in [1.807, 2.05) is 6.07 Å². The van der Waals surface area contributed by atoms with Gasteiger partial charge in [-0.1, -0.05) is 0 Å². The first-order valence-corrected chi connectivity index (χ1v) is 5.83. The molecule has 78 valence electrons. The van der Waals surface area contributed by atoms with Crippen LogP contribution in [-0.2, 0) is 6.42 Å². The number of nitrogens with zero attached hydrogens (tertiary/aromatic N) is 2. The van der Waals surface area contributed by atoms with Gasteiger partial charge in [0.2, 0.25) is 0 Å². The minimum atomic E-state index is 0.00731. The van der Waals surface area contributed by atoms with Gasteiger partial charge in [0.25, 0.3) is 0 Å².